The molecule has 7 rings (SSSR count). The molecule has 1 aliphatic carbocycles. The third kappa shape index (κ3) is 5.50. The SMILES string of the molecule is Cc1ccc(S(=O)(=O)/N=c2\ccc3cnc4ccc(-c5ccc(Cl)cc5)cc4c3n2-c2ccc(C(=O)NC3CC3)cc2)cc1. The number of hydrogen-bond acceptors (Lipinski definition) is 4. The van der Waals surface area contributed by atoms with E-state index in [1.807, 2.05) is 72.2 Å². The Bertz CT molecular complexity index is 2240. The number of nitrogens with zero attached hydrogens (tertiary/aromatic N) is 3. The lowest BCUT2D eigenvalue weighted by Crippen LogP contribution is -2.25. The molecule has 4 aromatic carbocycles. The highest BCUT2D eigenvalue weighted by Gasteiger charge is 2.24. The number of rotatable bonds is 6. The van der Waals surface area contributed by atoms with Gasteiger partial charge in [0.15, 0.2) is 5.49 Å². The standard InChI is InChI=1S/C35H27ClN4O3S/c1-22-2-16-30(17-3-22)44(42,43)39-33-19-9-26-21-37-32-18-8-25(23-4-10-27(36)11-5-23)20-31(32)34(26)40(33)29-14-6-24(7-15-29)35(41)38-28-12-13-28/h2-11,14-21,28H,12-13H2,1H3,(H,38,41)/b39-33+. The number of aryl methyl sites for hydroxylation is 1. The first-order chi connectivity index (χ1) is 21.2. The maximum absolute atomic E-state index is 13.6. The summed E-state index contributed by atoms with van der Waals surface area (Å²) >= 11 is 6.14. The quantitative estimate of drug-likeness (QED) is 0.204. The highest BCUT2D eigenvalue weighted by Crippen LogP contribution is 2.30. The topological polar surface area (TPSA) is 93.4 Å². The summed E-state index contributed by atoms with van der Waals surface area (Å²) < 4.78 is 33.3. The predicted molar refractivity (Wildman–Crippen MR) is 173 cm³/mol. The van der Waals surface area contributed by atoms with Crippen molar-refractivity contribution in [2.24, 2.45) is 4.40 Å². The molecule has 1 fully saturated rings. The number of sulfonamides is 1. The molecule has 1 aliphatic rings. The molecule has 0 atom stereocenters. The molecule has 0 aliphatic heterocycles. The molecule has 44 heavy (non-hydrogen) atoms. The van der Waals surface area contributed by atoms with Gasteiger partial charge in [-0.3, -0.25) is 14.3 Å². The Morgan fingerprint density at radius 1 is 0.886 bits per heavy atom. The summed E-state index contributed by atoms with van der Waals surface area (Å²) in [5.74, 6) is -0.129. The van der Waals surface area contributed by atoms with Crippen molar-refractivity contribution in [3.05, 3.63) is 131 Å². The van der Waals surface area contributed by atoms with E-state index in [2.05, 4.69) is 14.7 Å². The van der Waals surface area contributed by atoms with Crippen LogP contribution >= 0.6 is 11.6 Å². The number of aromatic nitrogens is 2. The predicted octanol–water partition coefficient (Wildman–Crippen LogP) is 6.99. The van der Waals surface area contributed by atoms with Gasteiger partial charge in [0.05, 0.1) is 15.9 Å². The summed E-state index contributed by atoms with van der Waals surface area (Å²) in [6, 6.07) is 31.1. The summed E-state index contributed by atoms with van der Waals surface area (Å²) in [7, 11) is -4.05. The molecular weight excluding hydrogens is 592 g/mol. The van der Waals surface area contributed by atoms with Gasteiger partial charge in [0.1, 0.15) is 0 Å². The van der Waals surface area contributed by atoms with Crippen molar-refractivity contribution in [3.63, 3.8) is 0 Å². The van der Waals surface area contributed by atoms with Crippen molar-refractivity contribution in [2.45, 2.75) is 30.7 Å². The van der Waals surface area contributed by atoms with E-state index < -0.39 is 10.0 Å². The van der Waals surface area contributed by atoms with E-state index in [0.717, 1.165) is 51.3 Å². The maximum atomic E-state index is 13.6. The van der Waals surface area contributed by atoms with Gasteiger partial charge in [-0.25, -0.2) is 0 Å². The Morgan fingerprint density at radius 2 is 1.59 bits per heavy atom. The van der Waals surface area contributed by atoms with E-state index in [4.69, 9.17) is 11.6 Å². The summed E-state index contributed by atoms with van der Waals surface area (Å²) in [6.07, 6.45) is 3.76. The second-order valence-electron chi connectivity index (χ2n) is 11.0. The van der Waals surface area contributed by atoms with Gasteiger partial charge in [0, 0.05) is 39.3 Å². The number of hydrogen-bond donors (Lipinski definition) is 1. The summed E-state index contributed by atoms with van der Waals surface area (Å²) in [5, 5.41) is 5.27. The van der Waals surface area contributed by atoms with Gasteiger partial charge in [-0.15, -0.1) is 4.40 Å². The normalized spacial score (nSPS) is 13.8. The lowest BCUT2D eigenvalue weighted by Gasteiger charge is -2.16. The van der Waals surface area contributed by atoms with Crippen LogP contribution in [-0.4, -0.2) is 29.9 Å². The van der Waals surface area contributed by atoms with Gasteiger partial charge in [-0.2, -0.15) is 8.42 Å². The average molecular weight is 619 g/mol. The first kappa shape index (κ1) is 28.0. The smallest absolute Gasteiger partial charge is 0.284 e. The molecule has 6 aromatic rings. The van der Waals surface area contributed by atoms with Gasteiger partial charge in [-0.05, 0) is 104 Å². The van der Waals surface area contributed by atoms with E-state index in [-0.39, 0.29) is 22.3 Å². The molecule has 7 nitrogen and oxygen atoms in total. The van der Waals surface area contributed by atoms with Crippen molar-refractivity contribution in [1.82, 2.24) is 14.9 Å². The first-order valence-electron chi connectivity index (χ1n) is 14.2. The van der Waals surface area contributed by atoms with Crippen molar-refractivity contribution < 1.29 is 13.2 Å². The van der Waals surface area contributed by atoms with Crippen LogP contribution in [0.3, 0.4) is 0 Å². The molecule has 0 saturated heterocycles. The second kappa shape index (κ2) is 11.0. The maximum Gasteiger partial charge on any atom is 0.284 e. The molecule has 1 saturated carbocycles. The Hall–Kier alpha value is -4.79. The van der Waals surface area contributed by atoms with Gasteiger partial charge in [0.25, 0.3) is 15.9 Å². The molecule has 218 valence electrons. The molecule has 0 bridgehead atoms. The van der Waals surface area contributed by atoms with Crippen LogP contribution in [0.1, 0.15) is 28.8 Å². The number of fused-ring (bicyclic) bond motifs is 3. The number of pyridine rings is 2. The molecule has 2 heterocycles. The van der Waals surface area contributed by atoms with E-state index in [0.29, 0.717) is 16.3 Å². The first-order valence-corrected chi connectivity index (χ1v) is 16.1. The Balaban J connectivity index is 1.49. The van der Waals surface area contributed by atoms with Crippen molar-refractivity contribution in [1.29, 1.82) is 0 Å². The van der Waals surface area contributed by atoms with Crippen LogP contribution in [0.4, 0.5) is 0 Å². The van der Waals surface area contributed by atoms with Crippen LogP contribution in [0.15, 0.2) is 119 Å². The van der Waals surface area contributed by atoms with Crippen LogP contribution in [0, 0.1) is 6.92 Å². The molecule has 9 heteroatoms. The number of halogens is 1. The lowest BCUT2D eigenvalue weighted by atomic mass is 10.0. The third-order valence-corrected chi connectivity index (χ3v) is 9.29. The van der Waals surface area contributed by atoms with Crippen LogP contribution in [0.25, 0.3) is 38.6 Å². The molecule has 2 aromatic heterocycles. The molecule has 1 N–H and O–H groups in total. The fraction of sp³-hybridized carbons (Fsp3) is 0.114. The molecule has 0 radical (unpaired) electrons. The van der Waals surface area contributed by atoms with Crippen molar-refractivity contribution in [2.75, 3.05) is 0 Å². The van der Waals surface area contributed by atoms with Crippen LogP contribution in [0.2, 0.25) is 5.02 Å². The number of carbonyl (C=O) groups excluding carboxylic acids is 1. The molecule has 0 spiro atoms. The zero-order chi connectivity index (χ0) is 30.4. The minimum absolute atomic E-state index is 0.103. The number of amides is 1. The highest BCUT2D eigenvalue weighted by atomic mass is 35.5. The minimum atomic E-state index is -4.05. The number of benzene rings is 4. The lowest BCUT2D eigenvalue weighted by molar-refractivity contribution is 0.0951. The van der Waals surface area contributed by atoms with E-state index in [1.165, 1.54) is 0 Å². The van der Waals surface area contributed by atoms with Gasteiger partial charge in [-0.1, -0.05) is 47.5 Å². The Morgan fingerprint density at radius 3 is 2.30 bits per heavy atom. The third-order valence-electron chi connectivity index (χ3n) is 7.74. The molecular formula is C35H27ClN4O3S. The number of nitrogens with one attached hydrogen (secondary N) is 1. The fourth-order valence-corrected chi connectivity index (χ4v) is 6.32. The van der Waals surface area contributed by atoms with E-state index >= 15 is 0 Å². The fourth-order valence-electron chi connectivity index (χ4n) is 5.22. The zero-order valence-corrected chi connectivity index (χ0v) is 25.3. The Labute approximate surface area is 259 Å². The highest BCUT2D eigenvalue weighted by molar-refractivity contribution is 7.90. The Kier molecular flexibility index (Phi) is 7.03. The van der Waals surface area contributed by atoms with E-state index in [1.54, 1.807) is 48.7 Å². The monoisotopic (exact) mass is 618 g/mol. The molecule has 0 unspecified atom stereocenters. The second-order valence-corrected chi connectivity index (χ2v) is 13.0. The van der Waals surface area contributed by atoms with E-state index in [9.17, 15) is 13.2 Å². The molecule has 1 amide bonds. The van der Waals surface area contributed by atoms with Crippen LogP contribution in [-0.2, 0) is 10.0 Å². The van der Waals surface area contributed by atoms with Crippen molar-refractivity contribution >= 4 is 49.3 Å². The summed E-state index contributed by atoms with van der Waals surface area (Å²) in [5.41, 5.74) is 5.77. The van der Waals surface area contributed by atoms with Gasteiger partial charge >= 0.3 is 0 Å². The van der Waals surface area contributed by atoms with Gasteiger partial charge in [0.2, 0.25) is 0 Å². The van der Waals surface area contributed by atoms with Gasteiger partial charge < -0.3 is 5.32 Å². The largest absolute Gasteiger partial charge is 0.349 e. The summed E-state index contributed by atoms with van der Waals surface area (Å²) in [6.45, 7) is 1.90. The summed E-state index contributed by atoms with van der Waals surface area (Å²) in [4.78, 5) is 17.5. The zero-order valence-electron chi connectivity index (χ0n) is 23.7. The van der Waals surface area contributed by atoms with Crippen LogP contribution < -0.4 is 10.8 Å². The minimum Gasteiger partial charge on any atom is -0.349 e. The number of carbonyl (C=O) groups is 1. The van der Waals surface area contributed by atoms with Crippen LogP contribution in [0.5, 0.6) is 0 Å². The average Bonchev–Trinajstić information content (AvgIpc) is 3.85. The van der Waals surface area contributed by atoms with Crippen molar-refractivity contribution in [3.8, 4) is 16.8 Å².